The fourth-order valence-corrected chi connectivity index (χ4v) is 2.91. The molecular formula is C15H24N2O3. The summed E-state index contributed by atoms with van der Waals surface area (Å²) in [5.41, 5.74) is 1.35. The molecule has 0 radical (unpaired) electrons. The Balaban J connectivity index is 1.68. The average molecular weight is 280 g/mol. The molecule has 1 aliphatic heterocycles. The lowest BCUT2D eigenvalue weighted by molar-refractivity contribution is -0.143. The molecule has 0 bridgehead atoms. The third kappa shape index (κ3) is 3.99. The Morgan fingerprint density at radius 1 is 1.35 bits per heavy atom. The highest BCUT2D eigenvalue weighted by Crippen LogP contribution is 2.28. The van der Waals surface area contributed by atoms with Crippen LogP contribution in [0.15, 0.2) is 11.6 Å². The molecule has 1 saturated carbocycles. The van der Waals surface area contributed by atoms with Crippen LogP contribution in [0, 0.1) is 11.8 Å². The Hall–Kier alpha value is -1.52. The summed E-state index contributed by atoms with van der Waals surface area (Å²) >= 11 is 0. The minimum atomic E-state index is -0.678. The quantitative estimate of drug-likeness (QED) is 0.779. The van der Waals surface area contributed by atoms with E-state index in [0.29, 0.717) is 19.0 Å². The minimum absolute atomic E-state index is 0.00843. The molecular weight excluding hydrogens is 256 g/mol. The number of hydrogen-bond donors (Lipinski definition) is 2. The number of urea groups is 1. The molecule has 20 heavy (non-hydrogen) atoms. The van der Waals surface area contributed by atoms with Crippen LogP contribution >= 0.6 is 0 Å². The van der Waals surface area contributed by atoms with Gasteiger partial charge in [0.05, 0.1) is 5.92 Å². The van der Waals surface area contributed by atoms with Crippen molar-refractivity contribution >= 4 is 12.0 Å². The molecule has 1 fully saturated rings. The first-order chi connectivity index (χ1) is 9.56. The highest BCUT2D eigenvalue weighted by molar-refractivity contribution is 5.74. The maximum Gasteiger partial charge on any atom is 0.317 e. The summed E-state index contributed by atoms with van der Waals surface area (Å²) < 4.78 is 0. The number of nitrogens with one attached hydrogen (secondary N) is 1. The Morgan fingerprint density at radius 2 is 2.05 bits per heavy atom. The van der Waals surface area contributed by atoms with Crippen LogP contribution in [0.1, 0.15) is 39.0 Å². The van der Waals surface area contributed by atoms with Gasteiger partial charge in [0.1, 0.15) is 0 Å². The van der Waals surface area contributed by atoms with Gasteiger partial charge >= 0.3 is 12.0 Å². The topological polar surface area (TPSA) is 69.6 Å². The van der Waals surface area contributed by atoms with Crippen LogP contribution in [-0.4, -0.2) is 41.6 Å². The Kier molecular flexibility index (Phi) is 5.04. The van der Waals surface area contributed by atoms with Gasteiger partial charge in [-0.25, -0.2) is 4.79 Å². The molecule has 0 aromatic rings. The minimum Gasteiger partial charge on any atom is -0.481 e. The molecule has 2 rings (SSSR count). The highest BCUT2D eigenvalue weighted by atomic mass is 16.4. The number of aliphatic carboxylic acids is 1. The van der Waals surface area contributed by atoms with E-state index in [-0.39, 0.29) is 11.9 Å². The van der Waals surface area contributed by atoms with Gasteiger partial charge in [-0.15, -0.1) is 0 Å². The van der Waals surface area contributed by atoms with Crippen molar-refractivity contribution < 1.29 is 14.7 Å². The van der Waals surface area contributed by atoms with Crippen LogP contribution in [0.2, 0.25) is 0 Å². The van der Waals surface area contributed by atoms with Crippen LogP contribution in [0.3, 0.4) is 0 Å². The molecule has 0 aromatic carbocycles. The van der Waals surface area contributed by atoms with E-state index in [2.05, 4.69) is 18.3 Å². The van der Waals surface area contributed by atoms with Crippen LogP contribution in [0.5, 0.6) is 0 Å². The summed E-state index contributed by atoms with van der Waals surface area (Å²) in [6, 6.07) is 0.00843. The Bertz CT molecular complexity index is 398. The van der Waals surface area contributed by atoms with Gasteiger partial charge in [-0.3, -0.25) is 4.79 Å². The molecule has 2 aliphatic rings. The fourth-order valence-electron chi connectivity index (χ4n) is 2.91. The van der Waals surface area contributed by atoms with Gasteiger partial charge in [0.15, 0.2) is 0 Å². The summed E-state index contributed by atoms with van der Waals surface area (Å²) in [7, 11) is 0. The van der Waals surface area contributed by atoms with E-state index in [1.807, 2.05) is 4.90 Å². The van der Waals surface area contributed by atoms with Crippen LogP contribution in [-0.2, 0) is 4.79 Å². The molecule has 5 heteroatoms. The fraction of sp³-hybridized carbons (Fsp3) is 0.733. The number of carbonyl (C=O) groups excluding carboxylic acids is 1. The number of carboxylic acids is 1. The molecule has 0 spiro atoms. The summed E-state index contributed by atoms with van der Waals surface area (Å²) in [5, 5.41) is 11.9. The average Bonchev–Trinajstić information content (AvgIpc) is 2.46. The van der Waals surface area contributed by atoms with Crippen LogP contribution < -0.4 is 5.32 Å². The number of rotatable bonds is 3. The van der Waals surface area contributed by atoms with Crippen molar-refractivity contribution in [2.75, 3.05) is 19.6 Å². The third-order valence-electron chi connectivity index (χ3n) is 4.46. The van der Waals surface area contributed by atoms with Gasteiger partial charge in [0.25, 0.3) is 0 Å². The molecule has 0 saturated heterocycles. The molecule has 2 amide bonds. The second kappa shape index (κ2) is 6.77. The zero-order valence-electron chi connectivity index (χ0n) is 12.1. The molecule has 0 unspecified atom stereocenters. The Morgan fingerprint density at radius 3 is 2.60 bits per heavy atom. The zero-order chi connectivity index (χ0) is 14.5. The van der Waals surface area contributed by atoms with Crippen molar-refractivity contribution in [3.63, 3.8) is 0 Å². The van der Waals surface area contributed by atoms with Gasteiger partial charge in [0.2, 0.25) is 0 Å². The molecule has 1 aliphatic carbocycles. The standard InChI is InChI=1S/C15H24N2O3/c1-11-6-8-17(9-7-11)15(20)16-10-12-2-4-13(5-3-12)14(18)19/h6,12-13H,2-5,7-10H2,1H3,(H,16,20)(H,18,19). The normalized spacial score (nSPS) is 26.9. The van der Waals surface area contributed by atoms with E-state index in [0.717, 1.165) is 38.6 Å². The Labute approximate surface area is 120 Å². The number of carbonyl (C=O) groups is 2. The van der Waals surface area contributed by atoms with Crippen molar-refractivity contribution in [2.24, 2.45) is 11.8 Å². The summed E-state index contributed by atoms with van der Waals surface area (Å²) in [6.07, 6.45) is 6.33. The first kappa shape index (κ1) is 14.9. The van der Waals surface area contributed by atoms with Crippen LogP contribution in [0.25, 0.3) is 0 Å². The lowest BCUT2D eigenvalue weighted by atomic mass is 9.82. The molecule has 0 atom stereocenters. The summed E-state index contributed by atoms with van der Waals surface area (Å²) in [6.45, 7) is 4.25. The smallest absolute Gasteiger partial charge is 0.317 e. The van der Waals surface area contributed by atoms with Gasteiger partial charge < -0.3 is 15.3 Å². The molecule has 0 aromatic heterocycles. The predicted molar refractivity (Wildman–Crippen MR) is 76.4 cm³/mol. The van der Waals surface area contributed by atoms with Crippen molar-refractivity contribution in [1.29, 1.82) is 0 Å². The maximum absolute atomic E-state index is 12.0. The molecule has 112 valence electrons. The van der Waals surface area contributed by atoms with Gasteiger partial charge in [0, 0.05) is 19.6 Å². The van der Waals surface area contributed by atoms with Gasteiger partial charge in [-0.05, 0) is 44.9 Å². The zero-order valence-corrected chi connectivity index (χ0v) is 12.1. The van der Waals surface area contributed by atoms with E-state index in [4.69, 9.17) is 5.11 Å². The molecule has 2 N–H and O–H groups in total. The van der Waals surface area contributed by atoms with Crippen molar-refractivity contribution in [3.05, 3.63) is 11.6 Å². The van der Waals surface area contributed by atoms with Crippen molar-refractivity contribution in [1.82, 2.24) is 10.2 Å². The first-order valence-electron chi connectivity index (χ1n) is 7.47. The molecule has 5 nitrogen and oxygen atoms in total. The van der Waals surface area contributed by atoms with E-state index in [9.17, 15) is 9.59 Å². The summed E-state index contributed by atoms with van der Waals surface area (Å²) in [5.74, 6) is -0.434. The lowest BCUT2D eigenvalue weighted by Crippen LogP contribution is -2.44. The first-order valence-corrected chi connectivity index (χ1v) is 7.47. The highest BCUT2D eigenvalue weighted by Gasteiger charge is 2.26. The van der Waals surface area contributed by atoms with Crippen LogP contribution in [0.4, 0.5) is 4.79 Å². The second-order valence-corrected chi connectivity index (χ2v) is 5.99. The lowest BCUT2D eigenvalue weighted by Gasteiger charge is -2.29. The monoisotopic (exact) mass is 280 g/mol. The predicted octanol–water partition coefficient (Wildman–Crippen LogP) is 2.24. The van der Waals surface area contributed by atoms with Gasteiger partial charge in [-0.2, -0.15) is 0 Å². The number of carboxylic acid groups (broad SMARTS) is 1. The maximum atomic E-state index is 12.0. The van der Waals surface area contributed by atoms with E-state index >= 15 is 0 Å². The van der Waals surface area contributed by atoms with Crippen molar-refractivity contribution in [2.45, 2.75) is 39.0 Å². The summed E-state index contributed by atoms with van der Waals surface area (Å²) in [4.78, 5) is 24.7. The number of hydrogen-bond acceptors (Lipinski definition) is 2. The largest absolute Gasteiger partial charge is 0.481 e. The van der Waals surface area contributed by atoms with Gasteiger partial charge in [-0.1, -0.05) is 11.6 Å². The van der Waals surface area contributed by atoms with E-state index in [1.165, 1.54) is 5.57 Å². The number of nitrogens with zero attached hydrogens (tertiary/aromatic N) is 1. The van der Waals surface area contributed by atoms with E-state index in [1.54, 1.807) is 0 Å². The van der Waals surface area contributed by atoms with E-state index < -0.39 is 5.97 Å². The SMILES string of the molecule is CC1=CCN(C(=O)NCC2CCC(C(=O)O)CC2)CC1. The number of amides is 2. The second-order valence-electron chi connectivity index (χ2n) is 5.99. The third-order valence-corrected chi connectivity index (χ3v) is 4.46. The van der Waals surface area contributed by atoms with Crippen molar-refractivity contribution in [3.8, 4) is 0 Å². The molecule has 1 heterocycles.